The molecular formula is C18H22ClN3O3. The van der Waals surface area contributed by atoms with Crippen LogP contribution in [0.3, 0.4) is 0 Å². The van der Waals surface area contributed by atoms with Crippen LogP contribution in [0.4, 0.5) is 11.4 Å². The number of nitrogens with one attached hydrogen (secondary N) is 3. The topological polar surface area (TPSA) is 83.4 Å². The smallest absolute Gasteiger partial charge is 0.291 e. The Bertz CT molecular complexity index is 725. The number of benzene rings is 1. The second-order valence-electron chi connectivity index (χ2n) is 5.99. The van der Waals surface area contributed by atoms with Gasteiger partial charge in [0, 0.05) is 17.9 Å². The Morgan fingerprint density at radius 2 is 2.08 bits per heavy atom. The van der Waals surface area contributed by atoms with Crippen molar-refractivity contribution < 1.29 is 14.0 Å². The van der Waals surface area contributed by atoms with Crippen LogP contribution in [0.15, 0.2) is 41.0 Å². The summed E-state index contributed by atoms with van der Waals surface area (Å²) in [5.41, 5.74) is 2.29. The molecule has 1 aliphatic rings. The number of aryl methyl sites for hydroxylation is 1. The fourth-order valence-electron chi connectivity index (χ4n) is 2.79. The van der Waals surface area contributed by atoms with Gasteiger partial charge in [0.15, 0.2) is 5.76 Å². The van der Waals surface area contributed by atoms with Crippen molar-refractivity contribution in [3.63, 3.8) is 0 Å². The Labute approximate surface area is 152 Å². The maximum atomic E-state index is 12.3. The first kappa shape index (κ1) is 19.0. The van der Waals surface area contributed by atoms with Crippen molar-refractivity contribution in [1.29, 1.82) is 0 Å². The van der Waals surface area contributed by atoms with Crippen molar-refractivity contribution in [3.8, 4) is 0 Å². The van der Waals surface area contributed by atoms with E-state index in [2.05, 4.69) is 16.0 Å². The largest absolute Gasteiger partial charge is 0.459 e. The number of carbonyl (C=O) groups is 2. The molecule has 0 radical (unpaired) electrons. The van der Waals surface area contributed by atoms with Crippen molar-refractivity contribution >= 4 is 35.6 Å². The zero-order valence-electron chi connectivity index (χ0n) is 14.0. The van der Waals surface area contributed by atoms with Crippen LogP contribution in [0.5, 0.6) is 0 Å². The lowest BCUT2D eigenvalue weighted by molar-refractivity contribution is -0.120. The Hall–Kier alpha value is -2.31. The van der Waals surface area contributed by atoms with Gasteiger partial charge in [-0.1, -0.05) is 0 Å². The Morgan fingerprint density at radius 3 is 2.72 bits per heavy atom. The molecule has 134 valence electrons. The van der Waals surface area contributed by atoms with E-state index in [1.54, 1.807) is 24.3 Å². The molecule has 2 heterocycles. The number of hydrogen-bond donors (Lipinski definition) is 3. The van der Waals surface area contributed by atoms with Crippen LogP contribution in [-0.4, -0.2) is 24.9 Å². The van der Waals surface area contributed by atoms with Crippen LogP contribution in [0, 0.1) is 12.8 Å². The molecular weight excluding hydrogens is 342 g/mol. The summed E-state index contributed by atoms with van der Waals surface area (Å²) in [5.74, 6) is 0.0103. The summed E-state index contributed by atoms with van der Waals surface area (Å²) in [4.78, 5) is 24.3. The monoisotopic (exact) mass is 363 g/mol. The van der Waals surface area contributed by atoms with Crippen LogP contribution in [0.25, 0.3) is 0 Å². The molecule has 0 spiro atoms. The fourth-order valence-corrected chi connectivity index (χ4v) is 2.79. The SMILES string of the molecule is Cc1cc(NC(=O)C2CCCNC2)ccc1NC(=O)c1ccco1.Cl. The molecule has 1 aliphatic heterocycles. The number of rotatable bonds is 4. The van der Waals surface area contributed by atoms with Gasteiger partial charge in [-0.25, -0.2) is 0 Å². The van der Waals surface area contributed by atoms with Crippen LogP contribution in [0.2, 0.25) is 0 Å². The molecule has 0 saturated carbocycles. The van der Waals surface area contributed by atoms with Gasteiger partial charge in [0.1, 0.15) is 0 Å². The zero-order valence-corrected chi connectivity index (χ0v) is 14.8. The van der Waals surface area contributed by atoms with Crippen molar-refractivity contribution in [2.45, 2.75) is 19.8 Å². The van der Waals surface area contributed by atoms with Gasteiger partial charge < -0.3 is 20.4 Å². The van der Waals surface area contributed by atoms with Gasteiger partial charge in [0.25, 0.3) is 5.91 Å². The molecule has 1 fully saturated rings. The van der Waals surface area contributed by atoms with E-state index in [0.29, 0.717) is 5.69 Å². The van der Waals surface area contributed by atoms with Crippen LogP contribution in [-0.2, 0) is 4.79 Å². The molecule has 1 atom stereocenters. The minimum atomic E-state index is -0.298. The number of halogens is 1. The number of piperidine rings is 1. The number of hydrogen-bond acceptors (Lipinski definition) is 4. The van der Waals surface area contributed by atoms with Gasteiger partial charge in [0.05, 0.1) is 12.2 Å². The maximum Gasteiger partial charge on any atom is 0.291 e. The van der Waals surface area contributed by atoms with Crippen LogP contribution in [0.1, 0.15) is 29.0 Å². The van der Waals surface area contributed by atoms with E-state index in [1.807, 2.05) is 13.0 Å². The quantitative estimate of drug-likeness (QED) is 0.779. The minimum Gasteiger partial charge on any atom is -0.459 e. The molecule has 1 aromatic heterocycles. The number of carbonyl (C=O) groups excluding carboxylic acids is 2. The molecule has 2 aromatic rings. The zero-order chi connectivity index (χ0) is 16.9. The van der Waals surface area contributed by atoms with Gasteiger partial charge >= 0.3 is 0 Å². The Kier molecular flexibility index (Phi) is 6.61. The molecule has 6 nitrogen and oxygen atoms in total. The number of anilines is 2. The third-order valence-electron chi connectivity index (χ3n) is 4.15. The first-order valence-corrected chi connectivity index (χ1v) is 8.10. The third kappa shape index (κ3) is 4.84. The van der Waals surface area contributed by atoms with Crippen molar-refractivity contribution in [2.24, 2.45) is 5.92 Å². The van der Waals surface area contributed by atoms with Gasteiger partial charge in [-0.05, 0) is 62.2 Å². The van der Waals surface area contributed by atoms with E-state index in [4.69, 9.17) is 4.42 Å². The summed E-state index contributed by atoms with van der Waals surface area (Å²) in [6.07, 6.45) is 3.39. The molecule has 1 unspecified atom stereocenters. The van der Waals surface area contributed by atoms with E-state index in [1.165, 1.54) is 6.26 Å². The minimum absolute atomic E-state index is 0. The van der Waals surface area contributed by atoms with E-state index < -0.39 is 0 Å². The first-order valence-electron chi connectivity index (χ1n) is 8.10. The van der Waals surface area contributed by atoms with Crippen LogP contribution < -0.4 is 16.0 Å². The van der Waals surface area contributed by atoms with E-state index in [0.717, 1.165) is 37.2 Å². The fraction of sp³-hybridized carbons (Fsp3) is 0.333. The third-order valence-corrected chi connectivity index (χ3v) is 4.15. The number of amides is 2. The van der Waals surface area contributed by atoms with E-state index >= 15 is 0 Å². The summed E-state index contributed by atoms with van der Waals surface area (Å²) in [5, 5.41) is 8.99. The number of furan rings is 1. The predicted octanol–water partition coefficient (Wildman–Crippen LogP) is 3.20. The van der Waals surface area contributed by atoms with Gasteiger partial charge in [-0.2, -0.15) is 0 Å². The Morgan fingerprint density at radius 1 is 1.24 bits per heavy atom. The molecule has 1 saturated heterocycles. The van der Waals surface area contributed by atoms with E-state index in [-0.39, 0.29) is 35.9 Å². The van der Waals surface area contributed by atoms with Gasteiger partial charge in [0.2, 0.25) is 5.91 Å². The highest BCUT2D eigenvalue weighted by Gasteiger charge is 2.21. The normalized spacial score (nSPS) is 16.6. The molecule has 3 N–H and O–H groups in total. The van der Waals surface area contributed by atoms with Gasteiger partial charge in [-0.3, -0.25) is 9.59 Å². The summed E-state index contributed by atoms with van der Waals surface area (Å²) < 4.78 is 5.08. The standard InChI is InChI=1S/C18H21N3O3.ClH/c1-12-10-14(20-17(22)13-4-2-8-19-11-13)6-7-15(12)21-18(23)16-5-3-9-24-16;/h3,5-7,9-10,13,19H,2,4,8,11H2,1H3,(H,20,22)(H,21,23);1H. The highest BCUT2D eigenvalue weighted by Crippen LogP contribution is 2.22. The van der Waals surface area contributed by atoms with Crippen molar-refractivity contribution in [3.05, 3.63) is 47.9 Å². The van der Waals surface area contributed by atoms with E-state index in [9.17, 15) is 9.59 Å². The summed E-state index contributed by atoms with van der Waals surface area (Å²) in [6, 6.07) is 8.70. The highest BCUT2D eigenvalue weighted by molar-refractivity contribution is 6.03. The summed E-state index contributed by atoms with van der Waals surface area (Å²) in [6.45, 7) is 3.59. The maximum absolute atomic E-state index is 12.3. The van der Waals surface area contributed by atoms with Crippen molar-refractivity contribution in [2.75, 3.05) is 23.7 Å². The molecule has 2 amide bonds. The summed E-state index contributed by atoms with van der Waals surface area (Å²) >= 11 is 0. The second kappa shape index (κ2) is 8.69. The molecule has 1 aromatic carbocycles. The first-order chi connectivity index (χ1) is 11.6. The molecule has 25 heavy (non-hydrogen) atoms. The lowest BCUT2D eigenvalue weighted by Crippen LogP contribution is -2.37. The molecule has 7 heteroatoms. The molecule has 0 aliphatic carbocycles. The highest BCUT2D eigenvalue weighted by atomic mass is 35.5. The molecule has 0 bridgehead atoms. The molecule has 3 rings (SSSR count). The second-order valence-corrected chi connectivity index (χ2v) is 5.99. The average Bonchev–Trinajstić information content (AvgIpc) is 3.13. The average molecular weight is 364 g/mol. The lowest BCUT2D eigenvalue weighted by atomic mass is 9.98. The summed E-state index contributed by atoms with van der Waals surface area (Å²) in [7, 11) is 0. The van der Waals surface area contributed by atoms with Crippen molar-refractivity contribution in [1.82, 2.24) is 5.32 Å². The van der Waals surface area contributed by atoms with Gasteiger partial charge in [-0.15, -0.1) is 12.4 Å². The lowest BCUT2D eigenvalue weighted by Gasteiger charge is -2.22. The van der Waals surface area contributed by atoms with Crippen LogP contribution >= 0.6 is 12.4 Å². The Balaban J connectivity index is 0.00000225. The predicted molar refractivity (Wildman–Crippen MR) is 99.3 cm³/mol.